The molecule has 0 saturated heterocycles. The number of anilines is 1. The normalized spacial score (nSPS) is 11.1. The van der Waals surface area contributed by atoms with Crippen LogP contribution in [-0.2, 0) is 4.79 Å². The first-order valence-electron chi connectivity index (χ1n) is 8.12. The number of nitro groups is 1. The highest BCUT2D eigenvalue weighted by atomic mass is 35.5. The largest absolute Gasteiger partial charge is 0.321 e. The molecule has 0 heterocycles. The predicted octanol–water partition coefficient (Wildman–Crippen LogP) is 5.43. The van der Waals surface area contributed by atoms with E-state index in [4.69, 9.17) is 11.6 Å². The number of carbonyl (C=O) groups is 1. The summed E-state index contributed by atoms with van der Waals surface area (Å²) in [6.45, 7) is 0. The Morgan fingerprint density at radius 1 is 0.963 bits per heavy atom. The highest BCUT2D eigenvalue weighted by Crippen LogP contribution is 2.25. The van der Waals surface area contributed by atoms with E-state index < -0.39 is 4.92 Å². The van der Waals surface area contributed by atoms with E-state index in [0.717, 1.165) is 0 Å². The van der Waals surface area contributed by atoms with Gasteiger partial charge >= 0.3 is 0 Å². The summed E-state index contributed by atoms with van der Waals surface area (Å²) in [7, 11) is 0. The number of para-hydroxylation sites is 1. The number of amides is 1. The lowest BCUT2D eigenvalue weighted by Crippen LogP contribution is -2.14. The van der Waals surface area contributed by atoms with Crippen LogP contribution in [0.2, 0.25) is 5.02 Å². The molecule has 0 aliphatic heterocycles. The summed E-state index contributed by atoms with van der Waals surface area (Å²) in [5, 5.41) is 14.2. The molecule has 3 aromatic rings. The van der Waals surface area contributed by atoms with Gasteiger partial charge in [0.15, 0.2) is 0 Å². The van der Waals surface area contributed by atoms with Gasteiger partial charge in [0, 0.05) is 17.7 Å². The van der Waals surface area contributed by atoms with Crippen LogP contribution < -0.4 is 5.32 Å². The molecule has 0 aliphatic carbocycles. The Hall–Kier alpha value is -3.44. The zero-order valence-corrected chi connectivity index (χ0v) is 14.9. The Labute approximate surface area is 161 Å². The Bertz CT molecular complexity index is 1020. The maximum atomic E-state index is 12.9. The van der Waals surface area contributed by atoms with Crippen LogP contribution in [0.15, 0.2) is 78.9 Å². The van der Waals surface area contributed by atoms with Crippen LogP contribution in [0.1, 0.15) is 11.1 Å². The van der Waals surface area contributed by atoms with E-state index in [1.165, 1.54) is 12.1 Å². The fourth-order valence-corrected chi connectivity index (χ4v) is 2.73. The van der Waals surface area contributed by atoms with E-state index >= 15 is 0 Å². The van der Waals surface area contributed by atoms with Crippen LogP contribution in [0.5, 0.6) is 0 Å². The molecule has 3 rings (SSSR count). The summed E-state index contributed by atoms with van der Waals surface area (Å²) in [4.78, 5) is 23.5. The van der Waals surface area contributed by atoms with Gasteiger partial charge in [-0.2, -0.15) is 0 Å². The van der Waals surface area contributed by atoms with Crippen molar-refractivity contribution in [2.75, 3.05) is 5.32 Å². The molecule has 0 fully saturated rings. The third kappa shape index (κ3) is 4.59. The van der Waals surface area contributed by atoms with Crippen molar-refractivity contribution in [3.8, 4) is 0 Å². The minimum absolute atomic E-state index is 0.0392. The van der Waals surface area contributed by atoms with Gasteiger partial charge in [0.2, 0.25) is 0 Å². The second kappa shape index (κ2) is 8.29. The number of rotatable bonds is 5. The SMILES string of the molecule is O=C(Nc1ccccc1Cl)/C(=C/c1cccc([N+](=O)[O-])c1)c1ccccc1. The van der Waals surface area contributed by atoms with Crippen LogP contribution in [0, 0.1) is 10.1 Å². The summed E-state index contributed by atoms with van der Waals surface area (Å²) in [5.41, 5.74) is 2.06. The van der Waals surface area contributed by atoms with E-state index in [0.29, 0.717) is 27.4 Å². The number of nitro benzene ring substituents is 1. The summed E-state index contributed by atoms with van der Waals surface area (Å²) in [5.74, 6) is -0.360. The standard InChI is InChI=1S/C21H15ClN2O3/c22-19-11-4-5-12-20(19)23-21(25)18(16-8-2-1-3-9-16)14-15-7-6-10-17(13-15)24(26)27/h1-14H,(H,23,25)/b18-14+. The van der Waals surface area contributed by atoms with Crippen molar-refractivity contribution in [2.24, 2.45) is 0 Å². The number of benzene rings is 3. The number of hydrogen-bond donors (Lipinski definition) is 1. The van der Waals surface area contributed by atoms with E-state index in [2.05, 4.69) is 5.32 Å². The first-order chi connectivity index (χ1) is 13.0. The van der Waals surface area contributed by atoms with Crippen LogP contribution >= 0.6 is 11.6 Å². The zero-order valence-electron chi connectivity index (χ0n) is 14.1. The molecule has 1 amide bonds. The lowest BCUT2D eigenvalue weighted by Gasteiger charge is -2.11. The van der Waals surface area contributed by atoms with Crippen LogP contribution in [0.25, 0.3) is 11.6 Å². The molecular formula is C21H15ClN2O3. The summed E-state index contributed by atoms with van der Waals surface area (Å²) in [6.07, 6.45) is 1.62. The van der Waals surface area contributed by atoms with Crippen LogP contribution in [-0.4, -0.2) is 10.8 Å². The molecule has 3 aromatic carbocycles. The molecule has 0 unspecified atom stereocenters. The number of non-ortho nitro benzene ring substituents is 1. The predicted molar refractivity (Wildman–Crippen MR) is 107 cm³/mol. The Morgan fingerprint density at radius 3 is 2.37 bits per heavy atom. The average Bonchev–Trinajstić information content (AvgIpc) is 2.68. The fraction of sp³-hybridized carbons (Fsp3) is 0. The van der Waals surface area contributed by atoms with Crippen molar-refractivity contribution in [3.05, 3.63) is 105 Å². The van der Waals surface area contributed by atoms with Crippen LogP contribution in [0.4, 0.5) is 11.4 Å². The van der Waals surface area contributed by atoms with Crippen molar-refractivity contribution in [1.29, 1.82) is 0 Å². The lowest BCUT2D eigenvalue weighted by atomic mass is 10.0. The van der Waals surface area contributed by atoms with Gasteiger partial charge < -0.3 is 5.32 Å². The summed E-state index contributed by atoms with van der Waals surface area (Å²) >= 11 is 6.13. The molecule has 0 saturated carbocycles. The smallest absolute Gasteiger partial charge is 0.270 e. The second-order valence-corrected chi connectivity index (χ2v) is 6.12. The Kier molecular flexibility index (Phi) is 5.64. The van der Waals surface area contributed by atoms with Gasteiger partial charge in [0.1, 0.15) is 0 Å². The van der Waals surface area contributed by atoms with Crippen molar-refractivity contribution < 1.29 is 9.72 Å². The number of carbonyl (C=O) groups excluding carboxylic acids is 1. The fourth-order valence-electron chi connectivity index (χ4n) is 2.54. The molecule has 0 radical (unpaired) electrons. The Balaban J connectivity index is 2.01. The zero-order chi connectivity index (χ0) is 19.2. The van der Waals surface area contributed by atoms with E-state index in [1.54, 1.807) is 54.6 Å². The number of hydrogen-bond acceptors (Lipinski definition) is 3. The maximum absolute atomic E-state index is 12.9. The summed E-state index contributed by atoms with van der Waals surface area (Å²) < 4.78 is 0. The third-order valence-electron chi connectivity index (χ3n) is 3.84. The van der Waals surface area contributed by atoms with E-state index in [1.807, 2.05) is 18.2 Å². The quantitative estimate of drug-likeness (QED) is 0.278. The van der Waals surface area contributed by atoms with Gasteiger partial charge in [-0.1, -0.05) is 66.2 Å². The third-order valence-corrected chi connectivity index (χ3v) is 4.17. The molecule has 5 nitrogen and oxygen atoms in total. The highest BCUT2D eigenvalue weighted by molar-refractivity contribution is 6.35. The molecule has 0 aromatic heterocycles. The first kappa shape index (κ1) is 18.4. The Morgan fingerprint density at radius 2 is 1.67 bits per heavy atom. The monoisotopic (exact) mass is 378 g/mol. The van der Waals surface area contributed by atoms with Gasteiger partial charge in [-0.3, -0.25) is 14.9 Å². The second-order valence-electron chi connectivity index (χ2n) is 5.71. The van der Waals surface area contributed by atoms with Gasteiger partial charge in [-0.25, -0.2) is 0 Å². The number of nitrogens with zero attached hydrogens (tertiary/aromatic N) is 1. The maximum Gasteiger partial charge on any atom is 0.270 e. The molecule has 0 atom stereocenters. The van der Waals surface area contributed by atoms with Crippen molar-refractivity contribution in [3.63, 3.8) is 0 Å². The molecule has 0 bridgehead atoms. The van der Waals surface area contributed by atoms with Gasteiger partial charge in [-0.05, 0) is 29.3 Å². The molecule has 0 aliphatic rings. The number of nitrogens with one attached hydrogen (secondary N) is 1. The van der Waals surface area contributed by atoms with E-state index in [9.17, 15) is 14.9 Å². The average molecular weight is 379 g/mol. The highest BCUT2D eigenvalue weighted by Gasteiger charge is 2.14. The minimum atomic E-state index is -0.469. The molecule has 0 spiro atoms. The minimum Gasteiger partial charge on any atom is -0.321 e. The van der Waals surface area contributed by atoms with Crippen LogP contribution in [0.3, 0.4) is 0 Å². The van der Waals surface area contributed by atoms with Gasteiger partial charge in [-0.15, -0.1) is 0 Å². The topological polar surface area (TPSA) is 72.2 Å². The molecule has 1 N–H and O–H groups in total. The van der Waals surface area contributed by atoms with Crippen molar-refractivity contribution >= 4 is 40.5 Å². The molecular weight excluding hydrogens is 364 g/mol. The summed E-state index contributed by atoms with van der Waals surface area (Å²) in [6, 6.07) is 22.1. The molecule has 27 heavy (non-hydrogen) atoms. The van der Waals surface area contributed by atoms with Crippen molar-refractivity contribution in [1.82, 2.24) is 0 Å². The molecule has 134 valence electrons. The lowest BCUT2D eigenvalue weighted by molar-refractivity contribution is -0.384. The van der Waals surface area contributed by atoms with Crippen molar-refractivity contribution in [2.45, 2.75) is 0 Å². The van der Waals surface area contributed by atoms with Gasteiger partial charge in [0.25, 0.3) is 11.6 Å². The first-order valence-corrected chi connectivity index (χ1v) is 8.50. The van der Waals surface area contributed by atoms with E-state index in [-0.39, 0.29) is 11.6 Å². The van der Waals surface area contributed by atoms with Gasteiger partial charge in [0.05, 0.1) is 15.6 Å². The molecule has 6 heteroatoms. The number of halogens is 1.